The first-order valence-corrected chi connectivity index (χ1v) is 4.65. The third-order valence-electron chi connectivity index (χ3n) is 2.05. The largest absolute Gasteiger partial charge is 0.508 e. The van der Waals surface area contributed by atoms with E-state index in [2.05, 4.69) is 15.9 Å². The number of aromatic hydroxyl groups is 1. The molecule has 0 atom stereocenters. The Balaban J connectivity index is 2.51. The van der Waals surface area contributed by atoms with E-state index in [0.717, 1.165) is 12.8 Å². The fourth-order valence-corrected chi connectivity index (χ4v) is 2.08. The first-order chi connectivity index (χ1) is 5.68. The Morgan fingerprint density at radius 3 is 2.58 bits per heavy atom. The van der Waals surface area contributed by atoms with Gasteiger partial charge in [-0.05, 0) is 24.8 Å². The highest BCUT2D eigenvalue weighted by Gasteiger charge is 2.28. The monoisotopic (exact) mass is 230 g/mol. The van der Waals surface area contributed by atoms with Gasteiger partial charge in [0.25, 0.3) is 0 Å². The van der Waals surface area contributed by atoms with Crippen molar-refractivity contribution in [1.82, 2.24) is 0 Å². The molecule has 1 aromatic rings. The molecule has 0 unspecified atom stereocenters. The lowest BCUT2D eigenvalue weighted by Crippen LogP contribution is -1.88. The van der Waals surface area contributed by atoms with Gasteiger partial charge in [-0.2, -0.15) is 0 Å². The third-order valence-corrected chi connectivity index (χ3v) is 2.71. The summed E-state index contributed by atoms with van der Waals surface area (Å²) in [5, 5.41) is 9.05. The number of phenols is 1. The highest BCUT2D eigenvalue weighted by Crippen LogP contribution is 2.45. The molecule has 64 valence electrons. The van der Waals surface area contributed by atoms with Crippen molar-refractivity contribution in [3.63, 3.8) is 0 Å². The minimum Gasteiger partial charge on any atom is -0.508 e. The van der Waals surface area contributed by atoms with Gasteiger partial charge in [-0.1, -0.05) is 15.9 Å². The standard InChI is InChI=1S/C9H8BrFO/c10-7-3-6(12)4-8(11)9(7)5-1-2-5/h3-5,12H,1-2H2. The molecule has 0 aliphatic heterocycles. The first-order valence-electron chi connectivity index (χ1n) is 3.86. The molecule has 3 heteroatoms. The van der Waals surface area contributed by atoms with E-state index in [4.69, 9.17) is 5.11 Å². The zero-order valence-electron chi connectivity index (χ0n) is 6.35. The summed E-state index contributed by atoms with van der Waals surface area (Å²) in [5.41, 5.74) is 0.716. The minimum atomic E-state index is -0.302. The second-order valence-corrected chi connectivity index (χ2v) is 3.95. The maximum atomic E-state index is 13.2. The molecule has 1 aliphatic carbocycles. The lowest BCUT2D eigenvalue weighted by Gasteiger charge is -2.04. The molecule has 0 spiro atoms. The van der Waals surface area contributed by atoms with Gasteiger partial charge >= 0.3 is 0 Å². The van der Waals surface area contributed by atoms with Gasteiger partial charge in [-0.15, -0.1) is 0 Å². The lowest BCUT2D eigenvalue weighted by molar-refractivity contribution is 0.467. The van der Waals surface area contributed by atoms with Crippen LogP contribution in [0.3, 0.4) is 0 Å². The van der Waals surface area contributed by atoms with Crippen LogP contribution in [0.4, 0.5) is 4.39 Å². The Bertz CT molecular complexity index is 297. The van der Waals surface area contributed by atoms with Crippen molar-refractivity contribution in [3.8, 4) is 5.75 Å². The number of rotatable bonds is 1. The molecule has 1 aromatic carbocycles. The van der Waals surface area contributed by atoms with Gasteiger partial charge in [-0.25, -0.2) is 4.39 Å². The molecule has 0 saturated heterocycles. The van der Waals surface area contributed by atoms with Gasteiger partial charge < -0.3 is 5.11 Å². The molecule has 1 N–H and O–H groups in total. The van der Waals surface area contributed by atoms with Crippen LogP contribution < -0.4 is 0 Å². The number of phenolic OH excluding ortho intramolecular Hbond substituents is 1. The zero-order chi connectivity index (χ0) is 8.72. The Morgan fingerprint density at radius 2 is 2.08 bits per heavy atom. The molecule has 2 rings (SSSR count). The summed E-state index contributed by atoms with van der Waals surface area (Å²) in [6, 6.07) is 2.70. The fourth-order valence-electron chi connectivity index (χ4n) is 1.33. The molecular weight excluding hydrogens is 223 g/mol. The van der Waals surface area contributed by atoms with Gasteiger partial charge in [0.05, 0.1) is 0 Å². The van der Waals surface area contributed by atoms with Crippen LogP contribution in [0.1, 0.15) is 24.3 Å². The Labute approximate surface area is 78.3 Å². The summed E-state index contributed by atoms with van der Waals surface area (Å²) >= 11 is 3.24. The van der Waals surface area contributed by atoms with E-state index in [1.807, 2.05) is 0 Å². The second kappa shape index (κ2) is 2.73. The van der Waals surface area contributed by atoms with Crippen LogP contribution in [-0.4, -0.2) is 5.11 Å². The van der Waals surface area contributed by atoms with E-state index in [0.29, 0.717) is 16.0 Å². The van der Waals surface area contributed by atoms with Gasteiger partial charge in [0.1, 0.15) is 11.6 Å². The summed E-state index contributed by atoms with van der Waals surface area (Å²) in [4.78, 5) is 0. The first kappa shape index (κ1) is 8.05. The van der Waals surface area contributed by atoms with Gasteiger partial charge in [0.2, 0.25) is 0 Å². The van der Waals surface area contributed by atoms with E-state index in [1.165, 1.54) is 12.1 Å². The maximum Gasteiger partial charge on any atom is 0.131 e. The molecule has 0 aromatic heterocycles. The van der Waals surface area contributed by atoms with E-state index in [9.17, 15) is 4.39 Å². The normalized spacial score (nSPS) is 16.5. The van der Waals surface area contributed by atoms with Crippen molar-refractivity contribution in [3.05, 3.63) is 28.0 Å². The minimum absolute atomic E-state index is 0.0243. The molecule has 1 saturated carbocycles. The number of halogens is 2. The quantitative estimate of drug-likeness (QED) is 0.786. The third kappa shape index (κ3) is 1.33. The summed E-state index contributed by atoms with van der Waals surface area (Å²) < 4.78 is 13.9. The van der Waals surface area contributed by atoms with E-state index in [-0.39, 0.29) is 11.6 Å². The smallest absolute Gasteiger partial charge is 0.131 e. The highest BCUT2D eigenvalue weighted by atomic mass is 79.9. The molecular formula is C9H8BrFO. The number of hydrogen-bond donors (Lipinski definition) is 1. The summed E-state index contributed by atoms with van der Waals surface area (Å²) in [7, 11) is 0. The van der Waals surface area contributed by atoms with Crippen LogP contribution in [0.2, 0.25) is 0 Å². The number of benzene rings is 1. The molecule has 0 bridgehead atoms. The van der Waals surface area contributed by atoms with Crippen LogP contribution in [0.5, 0.6) is 5.75 Å². The van der Waals surface area contributed by atoms with Crippen LogP contribution in [0.15, 0.2) is 16.6 Å². The Morgan fingerprint density at radius 1 is 1.42 bits per heavy atom. The van der Waals surface area contributed by atoms with Gasteiger partial charge in [0, 0.05) is 16.1 Å². The van der Waals surface area contributed by atoms with Crippen molar-refractivity contribution in [2.75, 3.05) is 0 Å². The molecule has 0 amide bonds. The predicted molar refractivity (Wildman–Crippen MR) is 47.7 cm³/mol. The predicted octanol–water partition coefficient (Wildman–Crippen LogP) is 3.17. The Kier molecular flexibility index (Phi) is 1.83. The van der Waals surface area contributed by atoms with Crippen LogP contribution in [0, 0.1) is 5.82 Å². The van der Waals surface area contributed by atoms with Crippen molar-refractivity contribution in [2.45, 2.75) is 18.8 Å². The van der Waals surface area contributed by atoms with E-state index >= 15 is 0 Å². The highest BCUT2D eigenvalue weighted by molar-refractivity contribution is 9.10. The van der Waals surface area contributed by atoms with Crippen molar-refractivity contribution in [2.24, 2.45) is 0 Å². The topological polar surface area (TPSA) is 20.2 Å². The Hall–Kier alpha value is -0.570. The van der Waals surface area contributed by atoms with Crippen LogP contribution >= 0.6 is 15.9 Å². The average Bonchev–Trinajstić information content (AvgIpc) is 2.68. The zero-order valence-corrected chi connectivity index (χ0v) is 7.94. The number of hydrogen-bond acceptors (Lipinski definition) is 1. The molecule has 12 heavy (non-hydrogen) atoms. The van der Waals surface area contributed by atoms with Crippen LogP contribution in [0.25, 0.3) is 0 Å². The fraction of sp³-hybridized carbons (Fsp3) is 0.333. The van der Waals surface area contributed by atoms with E-state index < -0.39 is 0 Å². The molecule has 0 radical (unpaired) electrons. The van der Waals surface area contributed by atoms with Crippen molar-refractivity contribution in [1.29, 1.82) is 0 Å². The SMILES string of the molecule is Oc1cc(F)c(C2CC2)c(Br)c1. The average molecular weight is 231 g/mol. The molecule has 0 heterocycles. The second-order valence-electron chi connectivity index (χ2n) is 3.10. The lowest BCUT2D eigenvalue weighted by atomic mass is 10.1. The van der Waals surface area contributed by atoms with Crippen LogP contribution in [-0.2, 0) is 0 Å². The summed E-state index contributed by atoms with van der Waals surface area (Å²) in [5.74, 6) is 0.0353. The van der Waals surface area contributed by atoms with Crippen molar-refractivity contribution < 1.29 is 9.50 Å². The van der Waals surface area contributed by atoms with E-state index in [1.54, 1.807) is 0 Å². The van der Waals surface area contributed by atoms with Crippen molar-refractivity contribution >= 4 is 15.9 Å². The summed E-state index contributed by atoms with van der Waals surface area (Å²) in [6.07, 6.45) is 2.11. The maximum absolute atomic E-state index is 13.2. The molecule has 1 aliphatic rings. The summed E-state index contributed by atoms with van der Waals surface area (Å²) in [6.45, 7) is 0. The van der Waals surface area contributed by atoms with Gasteiger partial charge in [-0.3, -0.25) is 0 Å². The molecule has 1 nitrogen and oxygen atoms in total. The molecule has 1 fully saturated rings. The van der Waals surface area contributed by atoms with Gasteiger partial charge in [0.15, 0.2) is 0 Å².